The van der Waals surface area contributed by atoms with Gasteiger partial charge in [0.2, 0.25) is 0 Å². The summed E-state index contributed by atoms with van der Waals surface area (Å²) in [4.78, 5) is 30.8. The van der Waals surface area contributed by atoms with Gasteiger partial charge in [-0.3, -0.25) is 9.59 Å². The highest BCUT2D eigenvalue weighted by molar-refractivity contribution is 6.44. The minimum atomic E-state index is -0.244. The maximum absolute atomic E-state index is 14.7. The Morgan fingerprint density at radius 1 is 0.531 bits per heavy atom. The predicted molar refractivity (Wildman–Crippen MR) is 206 cm³/mol. The van der Waals surface area contributed by atoms with E-state index in [2.05, 4.69) is 112 Å². The summed E-state index contributed by atoms with van der Waals surface area (Å²) in [5, 5.41) is 11.4. The van der Waals surface area contributed by atoms with E-state index >= 15 is 0 Å². The number of aromatic nitrogens is 1. The maximum Gasteiger partial charge on any atom is 0.266 e. The van der Waals surface area contributed by atoms with E-state index in [1.54, 1.807) is 0 Å². The topological polar surface area (TPSA) is 42.3 Å². The Bertz CT molecular complexity index is 2630. The third-order valence-electron chi connectivity index (χ3n) is 11.1. The fraction of sp³-hybridized carbons (Fsp3) is 0.244. The molecule has 0 fully saturated rings. The molecule has 242 valence electrons. The molecule has 0 spiro atoms. The van der Waals surface area contributed by atoms with Crippen molar-refractivity contribution in [3.05, 3.63) is 113 Å². The Morgan fingerprint density at radius 2 is 1.12 bits per heavy atom. The normalized spacial score (nSPS) is 13.7. The number of hydrogen-bond donors (Lipinski definition) is 0. The van der Waals surface area contributed by atoms with Crippen LogP contribution in [0.15, 0.2) is 91.0 Å². The highest BCUT2D eigenvalue weighted by Gasteiger charge is 2.38. The van der Waals surface area contributed by atoms with Crippen molar-refractivity contribution in [2.45, 2.75) is 72.3 Å². The lowest BCUT2D eigenvalue weighted by atomic mass is 9.83. The highest BCUT2D eigenvalue weighted by atomic mass is 16.2. The molecule has 0 N–H and O–H groups in total. The van der Waals surface area contributed by atoms with Gasteiger partial charge in [0.25, 0.3) is 11.8 Å². The second-order valence-corrected chi connectivity index (χ2v) is 14.5. The summed E-state index contributed by atoms with van der Waals surface area (Å²) in [6, 6.07) is 32.2. The predicted octanol–water partition coefficient (Wildman–Crippen LogP) is 12.1. The molecule has 49 heavy (non-hydrogen) atoms. The fourth-order valence-electron chi connectivity index (χ4n) is 8.82. The summed E-state index contributed by atoms with van der Waals surface area (Å²) >= 11 is 0. The Kier molecular flexibility index (Phi) is 6.65. The van der Waals surface area contributed by atoms with Crippen LogP contribution in [0.3, 0.4) is 0 Å². The zero-order chi connectivity index (χ0) is 33.7. The molecule has 1 aromatic heterocycles. The van der Waals surface area contributed by atoms with Gasteiger partial charge in [-0.2, -0.15) is 0 Å². The highest BCUT2D eigenvalue weighted by Crippen LogP contribution is 2.48. The molecular formula is C45H40N2O2. The smallest absolute Gasteiger partial charge is 0.266 e. The molecule has 4 nitrogen and oxygen atoms in total. The molecule has 0 saturated carbocycles. The molecule has 0 atom stereocenters. The van der Waals surface area contributed by atoms with Crippen molar-refractivity contribution in [3.8, 4) is 0 Å². The van der Waals surface area contributed by atoms with Gasteiger partial charge in [0.05, 0.1) is 11.2 Å². The van der Waals surface area contributed by atoms with E-state index < -0.39 is 0 Å². The van der Waals surface area contributed by atoms with Gasteiger partial charge in [-0.1, -0.05) is 114 Å². The van der Waals surface area contributed by atoms with Crippen LogP contribution < -0.4 is 4.90 Å². The van der Waals surface area contributed by atoms with Crippen molar-refractivity contribution in [2.75, 3.05) is 4.90 Å². The number of fused-ring (bicyclic) bond motifs is 6. The van der Waals surface area contributed by atoms with Crippen molar-refractivity contribution >= 4 is 82.4 Å². The van der Waals surface area contributed by atoms with Crippen LogP contribution in [0.5, 0.6) is 0 Å². The van der Waals surface area contributed by atoms with Crippen LogP contribution in [0.2, 0.25) is 0 Å². The van der Waals surface area contributed by atoms with Gasteiger partial charge in [0.1, 0.15) is 0 Å². The second-order valence-electron chi connectivity index (χ2n) is 14.5. The number of para-hydroxylation sites is 2. The van der Waals surface area contributed by atoms with Gasteiger partial charge < -0.3 is 4.57 Å². The van der Waals surface area contributed by atoms with Crippen molar-refractivity contribution in [3.63, 3.8) is 0 Å². The number of unbranched alkanes of at least 4 members (excludes halogenated alkanes) is 2. The molecule has 0 unspecified atom stereocenters. The second kappa shape index (κ2) is 10.9. The summed E-state index contributed by atoms with van der Waals surface area (Å²) in [6.45, 7) is 11.7. The van der Waals surface area contributed by atoms with E-state index in [4.69, 9.17) is 0 Å². The molecule has 8 aromatic rings. The zero-order valence-electron chi connectivity index (χ0n) is 28.9. The quantitative estimate of drug-likeness (QED) is 0.0753. The summed E-state index contributed by atoms with van der Waals surface area (Å²) in [5.41, 5.74) is 6.47. The molecule has 1 aliphatic rings. The summed E-state index contributed by atoms with van der Waals surface area (Å²) in [7, 11) is 0. The standard InChI is InChI=1S/C45H40N2O2/c1-6-7-10-23-46-37-18-9-8-13-32(37)40-33-17-12-16-29-30-19-21-34-42-35(22-20-31(41(30)42)36(39(29)33)24-38(40)46)45(49)47(44(34)48)43-27(25(2)3)14-11-15-28(43)26(4)5/h8-9,11-22,24-26H,6-7,10,23H2,1-5H3. The molecule has 2 amide bonds. The van der Waals surface area contributed by atoms with Crippen LogP contribution in [0.4, 0.5) is 5.69 Å². The van der Waals surface area contributed by atoms with Crippen LogP contribution in [-0.2, 0) is 6.54 Å². The van der Waals surface area contributed by atoms with Gasteiger partial charge in [-0.05, 0) is 91.4 Å². The number of imide groups is 1. The molecular weight excluding hydrogens is 601 g/mol. The van der Waals surface area contributed by atoms with E-state index in [1.165, 1.54) is 55.7 Å². The summed E-state index contributed by atoms with van der Waals surface area (Å²) in [6.07, 6.45) is 3.49. The van der Waals surface area contributed by atoms with Crippen molar-refractivity contribution in [2.24, 2.45) is 0 Å². The van der Waals surface area contributed by atoms with Crippen LogP contribution in [0.25, 0.3) is 64.9 Å². The summed E-state index contributed by atoms with van der Waals surface area (Å²) in [5.74, 6) is -0.187. The van der Waals surface area contributed by atoms with Gasteiger partial charge in [0.15, 0.2) is 0 Å². The first-order valence-electron chi connectivity index (χ1n) is 17.9. The molecule has 4 heteroatoms. The minimum Gasteiger partial charge on any atom is -0.340 e. The van der Waals surface area contributed by atoms with Gasteiger partial charge >= 0.3 is 0 Å². The zero-order valence-corrected chi connectivity index (χ0v) is 28.9. The third kappa shape index (κ3) is 4.04. The summed E-state index contributed by atoms with van der Waals surface area (Å²) < 4.78 is 2.51. The first-order chi connectivity index (χ1) is 23.8. The van der Waals surface area contributed by atoms with E-state index in [0.29, 0.717) is 11.1 Å². The van der Waals surface area contributed by atoms with Gasteiger partial charge in [0, 0.05) is 39.3 Å². The Hall–Kier alpha value is -5.22. The number of aryl methyl sites for hydroxylation is 1. The first kappa shape index (κ1) is 29.9. The Balaban J connectivity index is 1.37. The number of hydrogen-bond acceptors (Lipinski definition) is 2. The monoisotopic (exact) mass is 640 g/mol. The lowest BCUT2D eigenvalue weighted by molar-refractivity contribution is 0.0893. The first-order valence-corrected chi connectivity index (χ1v) is 17.9. The van der Waals surface area contributed by atoms with E-state index in [0.717, 1.165) is 56.7 Å². The lowest BCUT2D eigenvalue weighted by Gasteiger charge is -2.32. The largest absolute Gasteiger partial charge is 0.340 e. The average Bonchev–Trinajstić information content (AvgIpc) is 3.42. The Labute approximate surface area is 286 Å². The Morgan fingerprint density at radius 3 is 1.80 bits per heavy atom. The lowest BCUT2D eigenvalue weighted by Crippen LogP contribution is -2.41. The molecule has 2 heterocycles. The number of carbonyl (C=O) groups is 2. The molecule has 0 radical (unpaired) electrons. The number of nitrogens with zero attached hydrogens (tertiary/aromatic N) is 2. The molecule has 0 bridgehead atoms. The molecule has 9 rings (SSSR count). The van der Waals surface area contributed by atoms with Gasteiger partial charge in [-0.25, -0.2) is 4.90 Å². The van der Waals surface area contributed by atoms with Crippen LogP contribution >= 0.6 is 0 Å². The SMILES string of the molecule is CCCCCn1c2ccccc2c2c3cccc4c5ccc6c7c(ccc(c(cc21)c43)c75)C(=O)N(c1c(C(C)C)cccc1C(C)C)C6=O. The molecule has 1 aliphatic heterocycles. The number of anilines is 1. The van der Waals surface area contributed by atoms with E-state index in [-0.39, 0.29) is 23.7 Å². The maximum atomic E-state index is 14.7. The molecule has 0 saturated heterocycles. The molecule has 7 aromatic carbocycles. The van der Waals surface area contributed by atoms with Crippen LogP contribution in [-0.4, -0.2) is 16.4 Å². The van der Waals surface area contributed by atoms with Crippen molar-refractivity contribution < 1.29 is 9.59 Å². The van der Waals surface area contributed by atoms with Crippen molar-refractivity contribution in [1.82, 2.24) is 4.57 Å². The number of rotatable bonds is 7. The van der Waals surface area contributed by atoms with Gasteiger partial charge in [-0.15, -0.1) is 0 Å². The number of carbonyl (C=O) groups excluding carboxylic acids is 2. The molecule has 0 aliphatic carbocycles. The fourth-order valence-corrected chi connectivity index (χ4v) is 8.82. The minimum absolute atomic E-state index is 0.150. The van der Waals surface area contributed by atoms with Crippen LogP contribution in [0, 0.1) is 0 Å². The van der Waals surface area contributed by atoms with E-state index in [9.17, 15) is 9.59 Å². The average molecular weight is 641 g/mol. The van der Waals surface area contributed by atoms with Crippen LogP contribution in [0.1, 0.15) is 97.6 Å². The number of amides is 2. The van der Waals surface area contributed by atoms with E-state index in [1.807, 2.05) is 18.2 Å². The van der Waals surface area contributed by atoms with Crippen molar-refractivity contribution in [1.29, 1.82) is 0 Å². The number of benzene rings is 7. The third-order valence-corrected chi connectivity index (χ3v) is 11.1.